The number of carbonyl (C=O) groups excluding carboxylic acids is 1. The number of hydrogen-bond donors (Lipinski definition) is 1. The van der Waals surface area contributed by atoms with E-state index in [0.717, 1.165) is 10.5 Å². The summed E-state index contributed by atoms with van der Waals surface area (Å²) in [6.07, 6.45) is 0. The summed E-state index contributed by atoms with van der Waals surface area (Å²) in [7, 11) is -2.15. The number of hydrogen-bond acceptors (Lipinski definition) is 6. The first-order valence-corrected chi connectivity index (χ1v) is 12.0. The summed E-state index contributed by atoms with van der Waals surface area (Å²) in [5, 5.41) is 13.4. The van der Waals surface area contributed by atoms with Crippen molar-refractivity contribution in [3.05, 3.63) is 94.5 Å². The SMILES string of the molecule is CN(Cc1ccccc1)S(=O)(=O)c1ccc(NC(=O)CSc2ccc([N+](=O)[O-])cc2)cc1. The molecule has 0 aliphatic rings. The topological polar surface area (TPSA) is 110 Å². The highest BCUT2D eigenvalue weighted by Crippen LogP contribution is 2.22. The largest absolute Gasteiger partial charge is 0.325 e. The van der Waals surface area contributed by atoms with Crippen molar-refractivity contribution in [1.82, 2.24) is 4.31 Å². The molecule has 0 spiro atoms. The molecule has 0 fully saturated rings. The van der Waals surface area contributed by atoms with Gasteiger partial charge in [0, 0.05) is 36.3 Å². The van der Waals surface area contributed by atoms with E-state index in [-0.39, 0.29) is 28.8 Å². The molecule has 8 nitrogen and oxygen atoms in total. The zero-order chi connectivity index (χ0) is 23.1. The zero-order valence-corrected chi connectivity index (χ0v) is 18.8. The number of nitrogens with one attached hydrogen (secondary N) is 1. The van der Waals surface area contributed by atoms with Gasteiger partial charge in [-0.25, -0.2) is 8.42 Å². The van der Waals surface area contributed by atoms with Gasteiger partial charge in [0.1, 0.15) is 0 Å². The maximum Gasteiger partial charge on any atom is 0.269 e. The molecular formula is C22H21N3O5S2. The summed E-state index contributed by atoms with van der Waals surface area (Å²) >= 11 is 1.24. The predicted molar refractivity (Wildman–Crippen MR) is 124 cm³/mol. The Hall–Kier alpha value is -3.21. The molecule has 0 aromatic heterocycles. The Morgan fingerprint density at radius 2 is 1.62 bits per heavy atom. The van der Waals surface area contributed by atoms with Gasteiger partial charge in [0.05, 0.1) is 15.6 Å². The average Bonchev–Trinajstić information content (AvgIpc) is 2.79. The number of sulfonamides is 1. The van der Waals surface area contributed by atoms with Crippen LogP contribution in [0.5, 0.6) is 0 Å². The van der Waals surface area contributed by atoms with Gasteiger partial charge in [0.25, 0.3) is 5.69 Å². The number of nitro benzene ring substituents is 1. The van der Waals surface area contributed by atoms with E-state index in [1.807, 2.05) is 30.3 Å². The third kappa shape index (κ3) is 6.16. The highest BCUT2D eigenvalue weighted by Gasteiger charge is 2.21. The Bertz CT molecular complexity index is 1180. The van der Waals surface area contributed by atoms with E-state index >= 15 is 0 Å². The molecule has 0 bridgehead atoms. The molecule has 3 rings (SSSR count). The number of thioether (sulfide) groups is 1. The van der Waals surface area contributed by atoms with Crippen LogP contribution in [0.25, 0.3) is 0 Å². The van der Waals surface area contributed by atoms with Gasteiger partial charge in [-0.3, -0.25) is 14.9 Å². The van der Waals surface area contributed by atoms with Crippen LogP contribution in [-0.2, 0) is 21.4 Å². The Labute approximate surface area is 190 Å². The van der Waals surface area contributed by atoms with E-state index in [0.29, 0.717) is 5.69 Å². The lowest BCUT2D eigenvalue weighted by Gasteiger charge is -2.17. The molecule has 0 radical (unpaired) electrons. The van der Waals surface area contributed by atoms with Gasteiger partial charge in [-0.1, -0.05) is 30.3 Å². The Kier molecular flexibility index (Phi) is 7.62. The van der Waals surface area contributed by atoms with Crippen molar-refractivity contribution < 1.29 is 18.1 Å². The summed E-state index contributed by atoms with van der Waals surface area (Å²) in [6.45, 7) is 0.252. The Morgan fingerprint density at radius 3 is 2.22 bits per heavy atom. The van der Waals surface area contributed by atoms with Crippen molar-refractivity contribution in [2.75, 3.05) is 18.1 Å². The number of nitrogens with zero attached hydrogens (tertiary/aromatic N) is 2. The van der Waals surface area contributed by atoms with Gasteiger partial charge in [0.15, 0.2) is 0 Å². The van der Waals surface area contributed by atoms with Gasteiger partial charge < -0.3 is 5.32 Å². The molecule has 3 aromatic rings. The molecule has 10 heteroatoms. The molecule has 0 unspecified atom stereocenters. The van der Waals surface area contributed by atoms with E-state index in [9.17, 15) is 23.3 Å². The lowest BCUT2D eigenvalue weighted by molar-refractivity contribution is -0.384. The molecule has 32 heavy (non-hydrogen) atoms. The number of amides is 1. The van der Waals surface area contributed by atoms with Crippen molar-refractivity contribution in [3.8, 4) is 0 Å². The van der Waals surface area contributed by atoms with Gasteiger partial charge in [-0.15, -0.1) is 11.8 Å². The lowest BCUT2D eigenvalue weighted by Crippen LogP contribution is -2.26. The number of non-ortho nitro benzene ring substituents is 1. The van der Waals surface area contributed by atoms with Gasteiger partial charge in [-0.2, -0.15) is 4.31 Å². The van der Waals surface area contributed by atoms with Crippen LogP contribution >= 0.6 is 11.8 Å². The van der Waals surface area contributed by atoms with Gasteiger partial charge in [0.2, 0.25) is 15.9 Å². The maximum absolute atomic E-state index is 12.8. The first kappa shape index (κ1) is 23.5. The van der Waals surface area contributed by atoms with Crippen molar-refractivity contribution in [2.45, 2.75) is 16.3 Å². The first-order valence-electron chi connectivity index (χ1n) is 9.53. The van der Waals surface area contributed by atoms with Crippen LogP contribution in [0.3, 0.4) is 0 Å². The molecule has 1 amide bonds. The standard InChI is InChI=1S/C22H21N3O5S2/c1-24(15-17-5-3-2-4-6-17)32(29,30)21-13-7-18(8-14-21)23-22(26)16-31-20-11-9-19(10-12-20)25(27)28/h2-14H,15-16H2,1H3,(H,23,26). The van der Waals surface area contributed by atoms with Crippen LogP contribution in [0.4, 0.5) is 11.4 Å². The normalized spacial score (nSPS) is 11.3. The number of rotatable bonds is 9. The predicted octanol–water partition coefficient (Wildman–Crippen LogP) is 4.15. The summed E-state index contributed by atoms with van der Waals surface area (Å²) in [4.78, 5) is 23.3. The summed E-state index contributed by atoms with van der Waals surface area (Å²) in [6, 6.07) is 21.2. The third-order valence-corrected chi connectivity index (χ3v) is 7.34. The number of anilines is 1. The second-order valence-corrected chi connectivity index (χ2v) is 9.95. The lowest BCUT2D eigenvalue weighted by atomic mass is 10.2. The molecule has 0 aliphatic carbocycles. The van der Waals surface area contributed by atoms with Crippen LogP contribution in [-0.4, -0.2) is 36.4 Å². The van der Waals surface area contributed by atoms with E-state index in [1.165, 1.54) is 59.5 Å². The summed E-state index contributed by atoms with van der Waals surface area (Å²) in [5.41, 5.74) is 1.35. The fraction of sp³-hybridized carbons (Fsp3) is 0.136. The molecular weight excluding hydrogens is 450 g/mol. The molecule has 0 atom stereocenters. The zero-order valence-electron chi connectivity index (χ0n) is 17.2. The fourth-order valence-corrected chi connectivity index (χ4v) is 4.68. The smallest absolute Gasteiger partial charge is 0.269 e. The third-order valence-electron chi connectivity index (χ3n) is 4.51. The number of benzene rings is 3. The van der Waals surface area contributed by atoms with E-state index in [2.05, 4.69) is 5.32 Å². The minimum Gasteiger partial charge on any atom is -0.325 e. The molecule has 0 heterocycles. The monoisotopic (exact) mass is 471 g/mol. The van der Waals surface area contributed by atoms with Crippen LogP contribution in [0.15, 0.2) is 88.7 Å². The van der Waals surface area contributed by atoms with Crippen molar-refractivity contribution in [1.29, 1.82) is 0 Å². The molecule has 1 N–H and O–H groups in total. The highest BCUT2D eigenvalue weighted by atomic mass is 32.2. The van der Waals surface area contributed by atoms with Crippen LogP contribution in [0, 0.1) is 10.1 Å². The maximum atomic E-state index is 12.8. The van der Waals surface area contributed by atoms with E-state index in [1.54, 1.807) is 12.1 Å². The van der Waals surface area contributed by atoms with Gasteiger partial charge in [-0.05, 0) is 42.0 Å². The summed E-state index contributed by atoms with van der Waals surface area (Å²) in [5.74, 6) is -0.164. The molecule has 0 saturated heterocycles. The second-order valence-electron chi connectivity index (χ2n) is 6.86. The summed E-state index contributed by atoms with van der Waals surface area (Å²) < 4.78 is 26.9. The Balaban J connectivity index is 1.56. The van der Waals surface area contributed by atoms with E-state index < -0.39 is 14.9 Å². The molecule has 166 valence electrons. The highest BCUT2D eigenvalue weighted by molar-refractivity contribution is 8.00. The number of nitro groups is 1. The number of carbonyl (C=O) groups is 1. The van der Waals surface area contributed by atoms with Crippen molar-refractivity contribution in [2.24, 2.45) is 0 Å². The minimum absolute atomic E-state index is 0.0109. The van der Waals surface area contributed by atoms with Crippen LogP contribution in [0.2, 0.25) is 0 Å². The second kappa shape index (κ2) is 10.4. The van der Waals surface area contributed by atoms with Crippen LogP contribution < -0.4 is 5.32 Å². The van der Waals surface area contributed by atoms with Crippen molar-refractivity contribution >= 4 is 39.1 Å². The van der Waals surface area contributed by atoms with Crippen LogP contribution in [0.1, 0.15) is 5.56 Å². The van der Waals surface area contributed by atoms with Gasteiger partial charge >= 0.3 is 0 Å². The fourth-order valence-electron chi connectivity index (χ4n) is 2.83. The molecule has 0 aliphatic heterocycles. The average molecular weight is 472 g/mol. The molecule has 0 saturated carbocycles. The Morgan fingerprint density at radius 1 is 1.00 bits per heavy atom. The first-order chi connectivity index (χ1) is 15.3. The quantitative estimate of drug-likeness (QED) is 0.285. The molecule has 3 aromatic carbocycles. The van der Waals surface area contributed by atoms with E-state index in [4.69, 9.17) is 0 Å². The van der Waals surface area contributed by atoms with Crippen molar-refractivity contribution in [3.63, 3.8) is 0 Å². The minimum atomic E-state index is -3.67.